The maximum Gasteiger partial charge on any atom is 0.322 e. The second kappa shape index (κ2) is 18.2. The fraction of sp³-hybridized carbons (Fsp3) is 0.610. The number of nitrogens with one attached hydrogen (secondary N) is 6. The first-order valence-corrected chi connectivity index (χ1v) is 20.0. The van der Waals surface area contributed by atoms with Crippen LogP contribution < -0.4 is 21.3 Å². The normalized spacial score (nSPS) is 25.5. The van der Waals surface area contributed by atoms with Crippen molar-refractivity contribution >= 4 is 24.0 Å². The summed E-state index contributed by atoms with van der Waals surface area (Å²) in [6.45, 7) is 6.02. The Balaban J connectivity index is 0.961. The molecule has 3 fully saturated rings. The standard InChI is InChI=1S/C41H60FN9O2/c1-28(42)32-24-38-29(23-33(32)30(25-43)26-45-2)11-10-20-50(38)40(44)34-27-46-18-15-35(34)47-31-16-21-49(22-17-31)39(52)14-6-4-3-5-9-19-51-37-13-8-7-12-36(37)48-41(51)53/h7-8,13,23-26,28-29,31,36,38,43-47H,3-6,9-12,14-22,27H2,1-2H3,(H,48,53)/b30-26+,43-25?,44-40?. The van der Waals surface area contributed by atoms with E-state index in [9.17, 15) is 15.0 Å². The highest BCUT2D eigenvalue weighted by molar-refractivity contribution is 5.97. The Morgan fingerprint density at radius 1 is 1.11 bits per heavy atom. The third-order valence-electron chi connectivity index (χ3n) is 11.7. The van der Waals surface area contributed by atoms with Gasteiger partial charge in [0.25, 0.3) is 0 Å². The van der Waals surface area contributed by atoms with Crippen molar-refractivity contribution in [3.8, 4) is 0 Å². The average Bonchev–Trinajstić information content (AvgIpc) is 3.50. The first-order valence-electron chi connectivity index (χ1n) is 20.0. The van der Waals surface area contributed by atoms with Crippen LogP contribution in [0.1, 0.15) is 84.0 Å². The summed E-state index contributed by atoms with van der Waals surface area (Å²) in [5.41, 5.74) is 5.23. The maximum absolute atomic E-state index is 15.1. The lowest BCUT2D eigenvalue weighted by Gasteiger charge is -2.44. The van der Waals surface area contributed by atoms with E-state index in [2.05, 4.69) is 38.3 Å². The minimum atomic E-state index is -1.19. The van der Waals surface area contributed by atoms with Gasteiger partial charge in [0, 0.05) is 106 Å². The van der Waals surface area contributed by atoms with Crippen molar-refractivity contribution in [1.29, 1.82) is 10.8 Å². The average molecular weight is 730 g/mol. The van der Waals surface area contributed by atoms with Gasteiger partial charge < -0.3 is 36.5 Å². The molecule has 0 aromatic heterocycles. The zero-order chi connectivity index (χ0) is 37.3. The van der Waals surface area contributed by atoms with E-state index in [-0.39, 0.29) is 36.0 Å². The first-order chi connectivity index (χ1) is 25.8. The molecule has 12 heteroatoms. The van der Waals surface area contributed by atoms with Gasteiger partial charge in [-0.1, -0.05) is 43.6 Å². The van der Waals surface area contributed by atoms with Crippen LogP contribution in [0.15, 0.2) is 70.3 Å². The lowest BCUT2D eigenvalue weighted by Crippen LogP contribution is -2.51. The number of urea groups is 1. The molecule has 11 nitrogen and oxygen atoms in total. The van der Waals surface area contributed by atoms with E-state index in [4.69, 9.17) is 5.41 Å². The van der Waals surface area contributed by atoms with Crippen molar-refractivity contribution in [3.63, 3.8) is 0 Å². The van der Waals surface area contributed by atoms with E-state index < -0.39 is 6.17 Å². The summed E-state index contributed by atoms with van der Waals surface area (Å²) >= 11 is 0. The number of allylic oxidation sites excluding steroid dienone is 5. The van der Waals surface area contributed by atoms with Gasteiger partial charge in [-0.25, -0.2) is 9.18 Å². The lowest BCUT2D eigenvalue weighted by atomic mass is 9.77. The van der Waals surface area contributed by atoms with Gasteiger partial charge in [-0.15, -0.1) is 0 Å². The Kier molecular flexibility index (Phi) is 13.3. The molecule has 0 aromatic rings. The van der Waals surface area contributed by atoms with Crippen molar-refractivity contribution in [2.45, 2.75) is 108 Å². The number of likely N-dealkylation sites (tertiary alicyclic amines) is 2. The molecule has 0 bridgehead atoms. The number of hydrogen-bond donors (Lipinski definition) is 6. The van der Waals surface area contributed by atoms with Gasteiger partial charge in [0.2, 0.25) is 5.91 Å². The first kappa shape index (κ1) is 38.5. The summed E-state index contributed by atoms with van der Waals surface area (Å²) in [4.78, 5) is 31.5. The number of amidine groups is 1. The predicted octanol–water partition coefficient (Wildman–Crippen LogP) is 5.43. The van der Waals surface area contributed by atoms with Crippen LogP contribution in [0.2, 0.25) is 0 Å². The van der Waals surface area contributed by atoms with Crippen molar-refractivity contribution in [2.24, 2.45) is 5.92 Å². The third kappa shape index (κ3) is 9.13. The van der Waals surface area contributed by atoms with Gasteiger partial charge in [0.15, 0.2) is 0 Å². The summed E-state index contributed by atoms with van der Waals surface area (Å²) in [6.07, 6.45) is 23.1. The smallest absolute Gasteiger partial charge is 0.322 e. The largest absolute Gasteiger partial charge is 0.393 e. The van der Waals surface area contributed by atoms with E-state index in [0.29, 0.717) is 29.9 Å². The monoisotopic (exact) mass is 729 g/mol. The lowest BCUT2D eigenvalue weighted by molar-refractivity contribution is -0.132. The van der Waals surface area contributed by atoms with Crippen LogP contribution in [-0.4, -0.2) is 109 Å². The molecule has 0 aromatic carbocycles. The summed E-state index contributed by atoms with van der Waals surface area (Å²) in [6, 6.07) is 0.308. The van der Waals surface area contributed by atoms with Crippen LogP contribution in [0.5, 0.6) is 0 Å². The quantitative estimate of drug-likeness (QED) is 0.0756. The highest BCUT2D eigenvalue weighted by atomic mass is 19.1. The summed E-state index contributed by atoms with van der Waals surface area (Å²) in [7, 11) is 1.79. The molecule has 0 radical (unpaired) electrons. The molecular weight excluding hydrogens is 670 g/mol. The van der Waals surface area contributed by atoms with E-state index in [1.807, 2.05) is 28.0 Å². The van der Waals surface area contributed by atoms with E-state index in [1.54, 1.807) is 20.2 Å². The molecule has 2 aliphatic carbocycles. The van der Waals surface area contributed by atoms with Crippen molar-refractivity contribution in [2.75, 3.05) is 46.3 Å². The van der Waals surface area contributed by atoms with Crippen LogP contribution in [-0.2, 0) is 4.79 Å². The van der Waals surface area contributed by atoms with Crippen molar-refractivity contribution in [1.82, 2.24) is 36.0 Å². The van der Waals surface area contributed by atoms with Crippen LogP contribution >= 0.6 is 0 Å². The number of piperidine rings is 2. The number of unbranched alkanes of at least 4 members (excludes halogenated alkanes) is 4. The Morgan fingerprint density at radius 3 is 2.68 bits per heavy atom. The van der Waals surface area contributed by atoms with Crippen LogP contribution in [0, 0.1) is 16.7 Å². The van der Waals surface area contributed by atoms with Crippen molar-refractivity contribution < 1.29 is 14.0 Å². The molecule has 0 saturated carbocycles. The van der Waals surface area contributed by atoms with E-state index in [0.717, 1.165) is 126 Å². The molecule has 4 unspecified atom stereocenters. The highest BCUT2D eigenvalue weighted by Crippen LogP contribution is 2.38. The molecule has 3 amide bonds. The Labute approximate surface area is 315 Å². The Morgan fingerprint density at radius 2 is 1.91 bits per heavy atom. The van der Waals surface area contributed by atoms with Crippen LogP contribution in [0.25, 0.3) is 0 Å². The van der Waals surface area contributed by atoms with Crippen LogP contribution in [0.3, 0.4) is 0 Å². The third-order valence-corrected chi connectivity index (χ3v) is 11.7. The molecule has 53 heavy (non-hydrogen) atoms. The number of carbonyl (C=O) groups is 2. The molecular formula is C41H60FN9O2. The summed E-state index contributed by atoms with van der Waals surface area (Å²) < 4.78 is 15.1. The fourth-order valence-corrected chi connectivity index (χ4v) is 8.85. The minimum Gasteiger partial charge on any atom is -0.393 e. The van der Waals surface area contributed by atoms with Gasteiger partial charge in [-0.05, 0) is 69.1 Å². The molecule has 0 spiro atoms. The maximum atomic E-state index is 15.1. The number of halogens is 1. The molecule has 3 saturated heterocycles. The molecule has 4 heterocycles. The number of rotatable bonds is 15. The van der Waals surface area contributed by atoms with Crippen LogP contribution in [0.4, 0.5) is 9.18 Å². The summed E-state index contributed by atoms with van der Waals surface area (Å²) in [5.74, 6) is 0.896. The number of nitrogens with zero attached hydrogens (tertiary/aromatic N) is 3. The predicted molar refractivity (Wildman–Crippen MR) is 209 cm³/mol. The van der Waals surface area contributed by atoms with Crippen molar-refractivity contribution in [3.05, 3.63) is 70.3 Å². The van der Waals surface area contributed by atoms with Gasteiger partial charge in [-0.2, -0.15) is 0 Å². The SMILES string of the molecule is CN/C=C(\C=N)C1=CC2CCCN(C(=N)C3=C(NC4CCN(C(=O)CCCCCCCN5C(=O)NC6CC=CC=C65)CC4)CCNC3)C2C=C1C(C)F. The molecule has 6 rings (SSSR count). The Hall–Kier alpha value is -4.19. The fourth-order valence-electron chi connectivity index (χ4n) is 8.85. The molecule has 6 aliphatic rings. The number of hydrogen-bond acceptors (Lipinski definition) is 7. The molecule has 6 N–H and O–H groups in total. The second-order valence-corrected chi connectivity index (χ2v) is 15.3. The number of fused-ring (bicyclic) bond motifs is 2. The Bertz CT molecular complexity index is 1570. The van der Waals surface area contributed by atoms with Gasteiger partial charge in [0.1, 0.15) is 12.0 Å². The van der Waals surface area contributed by atoms with Gasteiger partial charge in [0.05, 0.1) is 12.1 Å². The highest BCUT2D eigenvalue weighted by Gasteiger charge is 2.37. The minimum absolute atomic E-state index is 0.0172. The second-order valence-electron chi connectivity index (χ2n) is 15.3. The topological polar surface area (TPSA) is 140 Å². The summed E-state index contributed by atoms with van der Waals surface area (Å²) in [5, 5.41) is 30.7. The number of alkyl halides is 1. The van der Waals surface area contributed by atoms with E-state index in [1.165, 1.54) is 6.21 Å². The molecule has 4 atom stereocenters. The zero-order valence-electron chi connectivity index (χ0n) is 31.7. The van der Waals surface area contributed by atoms with E-state index >= 15 is 4.39 Å². The van der Waals surface area contributed by atoms with Gasteiger partial charge in [-0.3, -0.25) is 15.1 Å². The molecule has 4 aliphatic heterocycles. The number of amides is 3. The van der Waals surface area contributed by atoms with Gasteiger partial charge >= 0.3 is 6.03 Å². The zero-order valence-corrected chi connectivity index (χ0v) is 31.7. The number of carbonyl (C=O) groups excluding carboxylic acids is 2. The molecule has 288 valence electrons.